The number of hydrogen-bond donors (Lipinski definition) is 1. The first-order chi connectivity index (χ1) is 9.06. The molecule has 0 saturated carbocycles. The number of nitrogen functional groups attached to an aromatic ring is 1. The minimum absolute atomic E-state index is 0.409. The van der Waals surface area contributed by atoms with Gasteiger partial charge in [0, 0.05) is 14.9 Å². The first-order valence-corrected chi connectivity index (χ1v) is 6.99. The van der Waals surface area contributed by atoms with Crippen molar-refractivity contribution in [1.29, 1.82) is 0 Å². The molecule has 6 heteroatoms. The van der Waals surface area contributed by atoms with Gasteiger partial charge in [0.2, 0.25) is 0 Å². The second-order valence-electron chi connectivity index (χ2n) is 3.73. The van der Waals surface area contributed by atoms with Crippen molar-refractivity contribution in [3.63, 3.8) is 0 Å². The van der Waals surface area contributed by atoms with Crippen molar-refractivity contribution in [1.82, 2.24) is 0 Å². The Morgan fingerprint density at radius 2 is 2.05 bits per heavy atom. The number of hydrogen-bond acceptors (Lipinski definition) is 5. The maximum absolute atomic E-state index is 11.6. The number of carbonyl (C=O) groups excluding carboxylic acids is 1. The molecular formula is C13H12BrNO3S. The van der Waals surface area contributed by atoms with Crippen molar-refractivity contribution in [3.05, 3.63) is 33.6 Å². The van der Waals surface area contributed by atoms with Gasteiger partial charge in [-0.2, -0.15) is 0 Å². The number of thiophene rings is 1. The monoisotopic (exact) mass is 341 g/mol. The van der Waals surface area contributed by atoms with Crippen LogP contribution in [0.25, 0.3) is 10.4 Å². The Labute approximate surface area is 123 Å². The van der Waals surface area contributed by atoms with E-state index in [4.69, 9.17) is 15.2 Å². The molecule has 0 aliphatic rings. The van der Waals surface area contributed by atoms with Crippen LogP contribution >= 0.6 is 27.3 Å². The summed E-state index contributed by atoms with van der Waals surface area (Å²) in [6.07, 6.45) is 0. The third-order valence-corrected chi connectivity index (χ3v) is 4.43. The Bertz CT molecular complexity index is 624. The molecule has 0 unspecified atom stereocenters. The van der Waals surface area contributed by atoms with Gasteiger partial charge in [-0.15, -0.1) is 11.3 Å². The van der Waals surface area contributed by atoms with Gasteiger partial charge in [-0.25, -0.2) is 4.79 Å². The number of esters is 1. The Kier molecular flexibility index (Phi) is 4.11. The van der Waals surface area contributed by atoms with Gasteiger partial charge >= 0.3 is 5.97 Å². The largest absolute Gasteiger partial charge is 0.497 e. The Hall–Kier alpha value is -1.53. The van der Waals surface area contributed by atoms with E-state index in [1.165, 1.54) is 18.4 Å². The van der Waals surface area contributed by atoms with Gasteiger partial charge in [-0.05, 0) is 24.3 Å². The summed E-state index contributed by atoms with van der Waals surface area (Å²) in [5.41, 5.74) is 7.18. The molecule has 0 bridgehead atoms. The summed E-state index contributed by atoms with van der Waals surface area (Å²) in [5, 5.41) is 0. The zero-order chi connectivity index (χ0) is 14.0. The number of rotatable bonds is 3. The van der Waals surface area contributed by atoms with Crippen LogP contribution in [0, 0.1) is 0 Å². The lowest BCUT2D eigenvalue weighted by Crippen LogP contribution is -2.00. The second kappa shape index (κ2) is 5.63. The molecular weight excluding hydrogens is 330 g/mol. The fourth-order valence-electron chi connectivity index (χ4n) is 1.61. The topological polar surface area (TPSA) is 61.5 Å². The first-order valence-electron chi connectivity index (χ1n) is 5.38. The summed E-state index contributed by atoms with van der Waals surface area (Å²) in [6.45, 7) is 0. The highest BCUT2D eigenvalue weighted by molar-refractivity contribution is 9.10. The van der Waals surface area contributed by atoms with Gasteiger partial charge in [0.1, 0.15) is 10.6 Å². The zero-order valence-electron chi connectivity index (χ0n) is 10.4. The molecule has 0 amide bonds. The summed E-state index contributed by atoms with van der Waals surface area (Å²) in [7, 11) is 2.94. The summed E-state index contributed by atoms with van der Waals surface area (Å²) in [5.74, 6) is 0.317. The smallest absolute Gasteiger partial charge is 0.350 e. The molecule has 1 aromatic carbocycles. The number of carbonyl (C=O) groups is 1. The predicted octanol–water partition coefficient (Wildman–Crippen LogP) is 3.56. The van der Waals surface area contributed by atoms with E-state index in [9.17, 15) is 4.79 Å². The minimum atomic E-state index is -0.423. The zero-order valence-corrected chi connectivity index (χ0v) is 12.8. The van der Waals surface area contributed by atoms with Gasteiger partial charge in [0.05, 0.1) is 19.9 Å². The van der Waals surface area contributed by atoms with Crippen LogP contribution in [0.1, 0.15) is 9.67 Å². The van der Waals surface area contributed by atoms with Gasteiger partial charge in [0.15, 0.2) is 0 Å². The predicted molar refractivity (Wildman–Crippen MR) is 79.8 cm³/mol. The number of methoxy groups -OCH3 is 2. The number of benzene rings is 1. The van der Waals surface area contributed by atoms with Crippen LogP contribution < -0.4 is 10.5 Å². The van der Waals surface area contributed by atoms with Crippen molar-refractivity contribution in [2.24, 2.45) is 0 Å². The Balaban J connectivity index is 2.50. The van der Waals surface area contributed by atoms with E-state index in [-0.39, 0.29) is 0 Å². The molecule has 1 aromatic heterocycles. The summed E-state index contributed by atoms with van der Waals surface area (Å²) in [4.78, 5) is 12.8. The molecule has 0 saturated heterocycles. The van der Waals surface area contributed by atoms with E-state index in [1.807, 2.05) is 18.2 Å². The van der Waals surface area contributed by atoms with Crippen molar-refractivity contribution in [2.75, 3.05) is 20.0 Å². The lowest BCUT2D eigenvalue weighted by Gasteiger charge is -2.05. The molecule has 0 fully saturated rings. The van der Waals surface area contributed by atoms with Crippen LogP contribution in [0.3, 0.4) is 0 Å². The Morgan fingerprint density at radius 1 is 1.32 bits per heavy atom. The standard InChI is InChI=1S/C13H12BrNO3S/c1-17-7-3-4-9(14)8(5-7)11-6-10(15)12(19-11)13(16)18-2/h3-6H,15H2,1-2H3. The van der Waals surface area contributed by atoms with Crippen molar-refractivity contribution in [2.45, 2.75) is 0 Å². The van der Waals surface area contributed by atoms with Gasteiger partial charge in [0.25, 0.3) is 0 Å². The quantitative estimate of drug-likeness (QED) is 0.867. The molecule has 0 radical (unpaired) electrons. The van der Waals surface area contributed by atoms with E-state index in [1.54, 1.807) is 13.2 Å². The molecule has 0 aliphatic carbocycles. The SMILES string of the molecule is COC(=O)c1sc(-c2cc(OC)ccc2Br)cc1N. The fraction of sp³-hybridized carbons (Fsp3) is 0.154. The molecule has 0 atom stereocenters. The molecule has 19 heavy (non-hydrogen) atoms. The number of ether oxygens (including phenoxy) is 2. The van der Waals surface area contributed by atoms with Crippen LogP contribution in [-0.4, -0.2) is 20.2 Å². The third kappa shape index (κ3) is 2.74. The molecule has 2 rings (SSSR count). The van der Waals surface area contributed by atoms with E-state index >= 15 is 0 Å². The van der Waals surface area contributed by atoms with Crippen LogP contribution in [0.5, 0.6) is 5.75 Å². The highest BCUT2D eigenvalue weighted by Crippen LogP contribution is 2.38. The lowest BCUT2D eigenvalue weighted by molar-refractivity contribution is 0.0607. The van der Waals surface area contributed by atoms with Crippen LogP contribution in [0.15, 0.2) is 28.7 Å². The average molecular weight is 342 g/mol. The van der Waals surface area contributed by atoms with Crippen molar-refractivity contribution >= 4 is 38.9 Å². The number of anilines is 1. The maximum Gasteiger partial charge on any atom is 0.350 e. The third-order valence-electron chi connectivity index (χ3n) is 2.57. The van der Waals surface area contributed by atoms with Crippen LogP contribution in [-0.2, 0) is 4.74 Å². The van der Waals surface area contributed by atoms with Gasteiger partial charge < -0.3 is 15.2 Å². The summed E-state index contributed by atoms with van der Waals surface area (Å²) < 4.78 is 10.8. The number of nitrogens with two attached hydrogens (primary N) is 1. The molecule has 0 aliphatic heterocycles. The maximum atomic E-state index is 11.6. The van der Waals surface area contributed by atoms with E-state index in [0.29, 0.717) is 10.6 Å². The van der Waals surface area contributed by atoms with Crippen LogP contribution in [0.2, 0.25) is 0 Å². The summed E-state index contributed by atoms with van der Waals surface area (Å²) in [6, 6.07) is 7.39. The van der Waals surface area contributed by atoms with E-state index in [0.717, 1.165) is 20.7 Å². The molecule has 4 nitrogen and oxygen atoms in total. The highest BCUT2D eigenvalue weighted by atomic mass is 79.9. The van der Waals surface area contributed by atoms with Crippen molar-refractivity contribution in [3.8, 4) is 16.2 Å². The van der Waals surface area contributed by atoms with E-state index in [2.05, 4.69) is 15.9 Å². The molecule has 0 spiro atoms. The molecule has 100 valence electrons. The minimum Gasteiger partial charge on any atom is -0.497 e. The first kappa shape index (κ1) is 13.9. The highest BCUT2D eigenvalue weighted by Gasteiger charge is 2.17. The summed E-state index contributed by atoms with van der Waals surface area (Å²) >= 11 is 4.77. The molecule has 2 N–H and O–H groups in total. The van der Waals surface area contributed by atoms with Gasteiger partial charge in [-0.3, -0.25) is 0 Å². The normalized spacial score (nSPS) is 10.3. The second-order valence-corrected chi connectivity index (χ2v) is 5.64. The average Bonchev–Trinajstić information content (AvgIpc) is 2.80. The van der Waals surface area contributed by atoms with Crippen molar-refractivity contribution < 1.29 is 14.3 Å². The molecule has 1 heterocycles. The lowest BCUT2D eigenvalue weighted by atomic mass is 10.2. The fourth-order valence-corrected chi connectivity index (χ4v) is 3.23. The number of halogens is 1. The Morgan fingerprint density at radius 3 is 2.68 bits per heavy atom. The van der Waals surface area contributed by atoms with E-state index < -0.39 is 5.97 Å². The molecule has 2 aromatic rings. The van der Waals surface area contributed by atoms with Gasteiger partial charge in [-0.1, -0.05) is 15.9 Å². The van der Waals surface area contributed by atoms with Crippen LogP contribution in [0.4, 0.5) is 5.69 Å².